The van der Waals surface area contributed by atoms with Crippen molar-refractivity contribution in [1.29, 1.82) is 0 Å². The Labute approximate surface area is 118 Å². The fourth-order valence-corrected chi connectivity index (χ4v) is 3.08. The minimum absolute atomic E-state index is 0.0137. The van der Waals surface area contributed by atoms with Gasteiger partial charge in [-0.25, -0.2) is 0 Å². The van der Waals surface area contributed by atoms with Gasteiger partial charge >= 0.3 is 5.97 Å². The smallest absolute Gasteiger partial charge is 0.321 e. The summed E-state index contributed by atoms with van der Waals surface area (Å²) in [6, 6.07) is 7.60. The van der Waals surface area contributed by atoms with Crippen molar-refractivity contribution in [3.05, 3.63) is 35.5 Å². The van der Waals surface area contributed by atoms with Gasteiger partial charge in [-0.2, -0.15) is 0 Å². The van der Waals surface area contributed by atoms with Crippen molar-refractivity contribution < 1.29 is 9.90 Å². The van der Waals surface area contributed by atoms with E-state index in [9.17, 15) is 9.90 Å². The van der Waals surface area contributed by atoms with Gasteiger partial charge < -0.3 is 10.1 Å². The van der Waals surface area contributed by atoms with Crippen molar-refractivity contribution in [2.75, 3.05) is 0 Å². The molecule has 0 saturated carbocycles. The summed E-state index contributed by atoms with van der Waals surface area (Å²) in [4.78, 5) is 14.9. The maximum Gasteiger partial charge on any atom is 0.321 e. The number of carbonyl (C=O) groups is 1. The van der Waals surface area contributed by atoms with Crippen LogP contribution in [0.4, 0.5) is 0 Å². The fraction of sp³-hybridized carbons (Fsp3) is 0.438. The van der Waals surface area contributed by atoms with Gasteiger partial charge in [-0.05, 0) is 17.0 Å². The lowest BCUT2D eigenvalue weighted by Crippen LogP contribution is -2.48. The van der Waals surface area contributed by atoms with Gasteiger partial charge in [0.2, 0.25) is 0 Å². The highest BCUT2D eigenvalue weighted by atomic mass is 16.4. The molecule has 2 aromatic rings. The Morgan fingerprint density at radius 1 is 1.30 bits per heavy atom. The van der Waals surface area contributed by atoms with Crippen LogP contribution in [0.2, 0.25) is 0 Å². The van der Waals surface area contributed by atoms with Crippen LogP contribution in [0.5, 0.6) is 0 Å². The number of benzene rings is 1. The highest BCUT2D eigenvalue weighted by molar-refractivity contribution is 5.86. The SMILES string of the molecule is CC(C)(C)C1NC(C(=O)O)Cc2c1[nH]c1ccccc21. The number of hydrogen-bond donors (Lipinski definition) is 3. The lowest BCUT2D eigenvalue weighted by atomic mass is 9.79. The van der Waals surface area contributed by atoms with Gasteiger partial charge in [0.25, 0.3) is 0 Å². The number of para-hydroxylation sites is 1. The largest absolute Gasteiger partial charge is 0.480 e. The molecular weight excluding hydrogens is 252 g/mol. The zero-order valence-corrected chi connectivity index (χ0v) is 12.0. The third-order valence-corrected chi connectivity index (χ3v) is 4.08. The van der Waals surface area contributed by atoms with E-state index < -0.39 is 12.0 Å². The first-order chi connectivity index (χ1) is 9.38. The molecule has 0 bridgehead atoms. The third-order valence-electron chi connectivity index (χ3n) is 4.08. The highest BCUT2D eigenvalue weighted by Gasteiger charge is 2.38. The second-order valence-corrected chi connectivity index (χ2v) is 6.62. The van der Waals surface area contributed by atoms with E-state index in [1.54, 1.807) is 0 Å². The number of fused-ring (bicyclic) bond motifs is 3. The average Bonchev–Trinajstić information content (AvgIpc) is 2.74. The van der Waals surface area contributed by atoms with Gasteiger partial charge in [0.1, 0.15) is 6.04 Å². The number of nitrogens with one attached hydrogen (secondary N) is 2. The molecule has 3 rings (SSSR count). The van der Waals surface area contributed by atoms with Gasteiger partial charge in [0.05, 0.1) is 6.04 Å². The molecule has 0 amide bonds. The van der Waals surface area contributed by atoms with E-state index in [1.807, 2.05) is 18.2 Å². The minimum atomic E-state index is -0.782. The number of hydrogen-bond acceptors (Lipinski definition) is 2. The molecule has 4 heteroatoms. The number of aliphatic carboxylic acids is 1. The van der Waals surface area contributed by atoms with Crippen LogP contribution >= 0.6 is 0 Å². The second-order valence-electron chi connectivity index (χ2n) is 6.62. The van der Waals surface area contributed by atoms with E-state index in [4.69, 9.17) is 0 Å². The van der Waals surface area contributed by atoms with Crippen molar-refractivity contribution in [3.8, 4) is 0 Å². The van der Waals surface area contributed by atoms with Crippen molar-refractivity contribution in [3.63, 3.8) is 0 Å². The molecular formula is C16H20N2O2. The normalized spacial score (nSPS) is 22.8. The van der Waals surface area contributed by atoms with Crippen LogP contribution in [0.1, 0.15) is 38.1 Å². The molecule has 0 aliphatic carbocycles. The van der Waals surface area contributed by atoms with Crippen LogP contribution < -0.4 is 5.32 Å². The fourth-order valence-electron chi connectivity index (χ4n) is 3.08. The zero-order valence-electron chi connectivity index (χ0n) is 12.0. The number of carboxylic acid groups (broad SMARTS) is 1. The molecule has 1 aliphatic rings. The van der Waals surface area contributed by atoms with E-state index in [0.29, 0.717) is 6.42 Å². The zero-order chi connectivity index (χ0) is 14.5. The Balaban J connectivity index is 2.19. The lowest BCUT2D eigenvalue weighted by molar-refractivity contribution is -0.140. The molecule has 20 heavy (non-hydrogen) atoms. The van der Waals surface area contributed by atoms with Crippen LogP contribution in [0.25, 0.3) is 10.9 Å². The molecule has 1 aromatic carbocycles. The molecule has 3 N–H and O–H groups in total. The van der Waals surface area contributed by atoms with Crippen LogP contribution in [0.3, 0.4) is 0 Å². The number of rotatable bonds is 1. The predicted molar refractivity (Wildman–Crippen MR) is 78.8 cm³/mol. The molecule has 2 heterocycles. The first-order valence-corrected chi connectivity index (χ1v) is 6.96. The van der Waals surface area contributed by atoms with Crippen molar-refractivity contribution in [1.82, 2.24) is 10.3 Å². The Bertz CT molecular complexity index is 667. The summed E-state index contributed by atoms with van der Waals surface area (Å²) in [5.74, 6) is -0.782. The van der Waals surface area contributed by atoms with Crippen molar-refractivity contribution >= 4 is 16.9 Å². The van der Waals surface area contributed by atoms with Crippen LogP contribution in [-0.4, -0.2) is 22.1 Å². The summed E-state index contributed by atoms with van der Waals surface area (Å²) in [6.45, 7) is 6.39. The number of aromatic nitrogens is 1. The Morgan fingerprint density at radius 2 is 2.00 bits per heavy atom. The first kappa shape index (κ1) is 13.2. The lowest BCUT2D eigenvalue weighted by Gasteiger charge is -2.37. The Hall–Kier alpha value is -1.81. The van der Waals surface area contributed by atoms with Crippen LogP contribution in [0.15, 0.2) is 24.3 Å². The van der Waals surface area contributed by atoms with Gasteiger partial charge in [-0.15, -0.1) is 0 Å². The summed E-state index contributed by atoms with van der Waals surface area (Å²) in [5.41, 5.74) is 3.31. The molecule has 1 aromatic heterocycles. The summed E-state index contributed by atoms with van der Waals surface area (Å²) >= 11 is 0. The van der Waals surface area contributed by atoms with E-state index >= 15 is 0 Å². The van der Waals surface area contributed by atoms with E-state index in [0.717, 1.165) is 22.2 Å². The molecule has 0 fully saturated rings. The molecule has 1 aliphatic heterocycles. The van der Waals surface area contributed by atoms with E-state index in [-0.39, 0.29) is 11.5 Å². The molecule has 2 unspecified atom stereocenters. The monoisotopic (exact) mass is 272 g/mol. The maximum atomic E-state index is 11.4. The van der Waals surface area contributed by atoms with Gasteiger partial charge in [-0.1, -0.05) is 39.0 Å². The Kier molecular flexibility index (Phi) is 2.87. The summed E-state index contributed by atoms with van der Waals surface area (Å²) in [5, 5.41) is 13.8. The van der Waals surface area contributed by atoms with E-state index in [2.05, 4.69) is 37.1 Å². The Morgan fingerprint density at radius 3 is 2.65 bits per heavy atom. The maximum absolute atomic E-state index is 11.4. The molecule has 0 saturated heterocycles. The number of aromatic amines is 1. The quantitative estimate of drug-likeness (QED) is 0.748. The van der Waals surface area contributed by atoms with Crippen LogP contribution in [-0.2, 0) is 11.2 Å². The molecule has 2 atom stereocenters. The topological polar surface area (TPSA) is 65.1 Å². The van der Waals surface area contributed by atoms with E-state index in [1.165, 1.54) is 0 Å². The van der Waals surface area contributed by atoms with Gasteiger partial charge in [0, 0.05) is 23.0 Å². The minimum Gasteiger partial charge on any atom is -0.480 e. The van der Waals surface area contributed by atoms with Gasteiger partial charge in [0.15, 0.2) is 0 Å². The summed E-state index contributed by atoms with van der Waals surface area (Å²) in [6.07, 6.45) is 0.529. The summed E-state index contributed by atoms with van der Waals surface area (Å²) in [7, 11) is 0. The highest BCUT2D eigenvalue weighted by Crippen LogP contribution is 2.40. The predicted octanol–water partition coefficient (Wildman–Crippen LogP) is 2.85. The molecule has 4 nitrogen and oxygen atoms in total. The third kappa shape index (κ3) is 2.00. The molecule has 0 radical (unpaired) electrons. The second kappa shape index (κ2) is 4.35. The first-order valence-electron chi connectivity index (χ1n) is 6.96. The van der Waals surface area contributed by atoms with Crippen LogP contribution in [0, 0.1) is 5.41 Å². The van der Waals surface area contributed by atoms with Crippen molar-refractivity contribution in [2.45, 2.75) is 39.3 Å². The van der Waals surface area contributed by atoms with Gasteiger partial charge in [-0.3, -0.25) is 10.1 Å². The number of H-pyrrole nitrogens is 1. The molecule has 106 valence electrons. The number of carboxylic acids is 1. The summed E-state index contributed by atoms with van der Waals surface area (Å²) < 4.78 is 0. The standard InChI is InChI=1S/C16H20N2O2/c1-16(2,3)14-13-10(8-12(18-14)15(19)20)9-6-4-5-7-11(9)17-13/h4-7,12,14,17-18H,8H2,1-3H3,(H,19,20). The van der Waals surface area contributed by atoms with Crippen molar-refractivity contribution in [2.24, 2.45) is 5.41 Å². The average molecular weight is 272 g/mol. The molecule has 0 spiro atoms.